The number of alkyl halides is 3. The summed E-state index contributed by atoms with van der Waals surface area (Å²) >= 11 is 0. The molecular formula is C11H21F3N2. The summed E-state index contributed by atoms with van der Waals surface area (Å²) < 4.78 is 35.6. The van der Waals surface area contributed by atoms with Crippen molar-refractivity contribution in [1.29, 1.82) is 0 Å². The molecule has 16 heavy (non-hydrogen) atoms. The van der Waals surface area contributed by atoms with Gasteiger partial charge in [-0.25, -0.2) is 0 Å². The molecule has 1 saturated carbocycles. The van der Waals surface area contributed by atoms with E-state index >= 15 is 0 Å². The first kappa shape index (κ1) is 13.8. The zero-order valence-corrected chi connectivity index (χ0v) is 9.74. The molecule has 0 bridgehead atoms. The number of hydrogen-bond donors (Lipinski definition) is 2. The highest BCUT2D eigenvalue weighted by atomic mass is 19.4. The van der Waals surface area contributed by atoms with Crippen molar-refractivity contribution in [3.63, 3.8) is 0 Å². The van der Waals surface area contributed by atoms with Crippen LogP contribution >= 0.6 is 0 Å². The molecule has 2 nitrogen and oxygen atoms in total. The summed E-state index contributed by atoms with van der Waals surface area (Å²) in [5, 5.41) is 3.09. The van der Waals surface area contributed by atoms with Crippen LogP contribution in [0.15, 0.2) is 0 Å². The molecule has 2 atom stereocenters. The topological polar surface area (TPSA) is 38.0 Å². The predicted molar refractivity (Wildman–Crippen MR) is 58.1 cm³/mol. The lowest BCUT2D eigenvalue weighted by Crippen LogP contribution is -2.42. The summed E-state index contributed by atoms with van der Waals surface area (Å²) in [6.07, 6.45) is -1.37. The van der Waals surface area contributed by atoms with Gasteiger partial charge in [0.25, 0.3) is 0 Å². The molecule has 0 aromatic rings. The van der Waals surface area contributed by atoms with Crippen molar-refractivity contribution >= 4 is 0 Å². The van der Waals surface area contributed by atoms with Crippen LogP contribution in [0.4, 0.5) is 13.2 Å². The van der Waals surface area contributed by atoms with Gasteiger partial charge in [0.2, 0.25) is 0 Å². The van der Waals surface area contributed by atoms with Crippen LogP contribution in [0.25, 0.3) is 0 Å². The second kappa shape index (κ2) is 5.36. The molecule has 3 N–H and O–H groups in total. The maximum atomic E-state index is 11.9. The molecule has 0 heterocycles. The van der Waals surface area contributed by atoms with E-state index in [0.717, 1.165) is 25.8 Å². The van der Waals surface area contributed by atoms with Gasteiger partial charge >= 0.3 is 6.18 Å². The van der Waals surface area contributed by atoms with Crippen LogP contribution in [0.1, 0.15) is 39.0 Å². The Hall–Kier alpha value is -0.290. The van der Waals surface area contributed by atoms with E-state index in [9.17, 15) is 13.2 Å². The minimum absolute atomic E-state index is 0.0677. The van der Waals surface area contributed by atoms with Crippen LogP contribution in [0.3, 0.4) is 0 Å². The van der Waals surface area contributed by atoms with Crippen molar-refractivity contribution in [2.75, 3.05) is 13.1 Å². The second-order valence-electron chi connectivity index (χ2n) is 5.05. The van der Waals surface area contributed by atoms with E-state index in [0.29, 0.717) is 6.54 Å². The molecule has 2 unspecified atom stereocenters. The van der Waals surface area contributed by atoms with Gasteiger partial charge in [0.1, 0.15) is 0 Å². The Morgan fingerprint density at radius 1 is 1.44 bits per heavy atom. The van der Waals surface area contributed by atoms with Gasteiger partial charge in [-0.1, -0.05) is 13.3 Å². The minimum atomic E-state index is -4.03. The van der Waals surface area contributed by atoms with Crippen molar-refractivity contribution in [1.82, 2.24) is 5.32 Å². The molecule has 1 aliphatic carbocycles. The standard InChI is InChI=1S/C11H21F3N2/c1-10(5-2-4-9(10)15)8-16-7-3-6-11(12,13)14/h9,16H,2-8,15H2,1H3. The van der Waals surface area contributed by atoms with Gasteiger partial charge in [-0.05, 0) is 31.2 Å². The SMILES string of the molecule is CC1(CNCCCC(F)(F)F)CCCC1N. The molecule has 1 aliphatic rings. The molecule has 0 spiro atoms. The highest BCUT2D eigenvalue weighted by molar-refractivity contribution is 4.92. The summed E-state index contributed by atoms with van der Waals surface area (Å²) in [5.74, 6) is 0. The number of nitrogens with two attached hydrogens (primary N) is 1. The molecule has 0 aromatic heterocycles. The van der Waals surface area contributed by atoms with Crippen molar-refractivity contribution in [3.05, 3.63) is 0 Å². The third-order valence-electron chi connectivity index (χ3n) is 3.50. The fraction of sp³-hybridized carbons (Fsp3) is 1.00. The molecule has 1 fully saturated rings. The molecule has 0 aliphatic heterocycles. The lowest BCUT2D eigenvalue weighted by atomic mass is 9.85. The second-order valence-corrected chi connectivity index (χ2v) is 5.05. The molecule has 0 radical (unpaired) electrons. The monoisotopic (exact) mass is 238 g/mol. The summed E-state index contributed by atoms with van der Waals surface area (Å²) in [6, 6.07) is 0.183. The highest BCUT2D eigenvalue weighted by Crippen LogP contribution is 2.35. The molecule has 96 valence electrons. The van der Waals surface area contributed by atoms with E-state index in [1.165, 1.54) is 0 Å². The maximum Gasteiger partial charge on any atom is 0.389 e. The van der Waals surface area contributed by atoms with Gasteiger partial charge in [-0.3, -0.25) is 0 Å². The Bertz CT molecular complexity index is 218. The summed E-state index contributed by atoms with van der Waals surface area (Å²) in [4.78, 5) is 0. The fourth-order valence-corrected chi connectivity index (χ4v) is 2.27. The first-order valence-electron chi connectivity index (χ1n) is 5.86. The van der Waals surface area contributed by atoms with Crippen LogP contribution in [0.5, 0.6) is 0 Å². The Morgan fingerprint density at radius 3 is 2.62 bits per heavy atom. The number of rotatable bonds is 5. The van der Waals surface area contributed by atoms with Gasteiger partial charge in [0, 0.05) is 19.0 Å². The van der Waals surface area contributed by atoms with Crippen molar-refractivity contribution < 1.29 is 13.2 Å². The van der Waals surface area contributed by atoms with Crippen molar-refractivity contribution in [2.24, 2.45) is 11.1 Å². The van der Waals surface area contributed by atoms with Gasteiger partial charge in [0.05, 0.1) is 0 Å². The molecule has 0 amide bonds. The normalized spacial score (nSPS) is 30.9. The van der Waals surface area contributed by atoms with Gasteiger partial charge in [-0.2, -0.15) is 13.2 Å². The Balaban J connectivity index is 2.11. The quantitative estimate of drug-likeness (QED) is 0.722. The fourth-order valence-electron chi connectivity index (χ4n) is 2.27. The van der Waals surface area contributed by atoms with E-state index in [1.807, 2.05) is 0 Å². The van der Waals surface area contributed by atoms with Crippen LogP contribution in [0.2, 0.25) is 0 Å². The summed E-state index contributed by atoms with van der Waals surface area (Å²) in [6.45, 7) is 3.26. The van der Waals surface area contributed by atoms with Gasteiger partial charge in [0.15, 0.2) is 0 Å². The van der Waals surface area contributed by atoms with E-state index in [-0.39, 0.29) is 17.9 Å². The Labute approximate surface area is 94.8 Å². The molecular weight excluding hydrogens is 217 g/mol. The van der Waals surface area contributed by atoms with Crippen LogP contribution in [-0.2, 0) is 0 Å². The lowest BCUT2D eigenvalue weighted by molar-refractivity contribution is -0.135. The molecule has 0 saturated heterocycles. The van der Waals surface area contributed by atoms with E-state index in [4.69, 9.17) is 5.73 Å². The summed E-state index contributed by atoms with van der Waals surface area (Å²) in [7, 11) is 0. The van der Waals surface area contributed by atoms with Gasteiger partial charge in [-0.15, -0.1) is 0 Å². The first-order valence-corrected chi connectivity index (χ1v) is 5.86. The van der Waals surface area contributed by atoms with E-state index < -0.39 is 12.6 Å². The van der Waals surface area contributed by atoms with Crippen LogP contribution in [-0.4, -0.2) is 25.3 Å². The third kappa shape index (κ3) is 4.29. The smallest absolute Gasteiger partial charge is 0.327 e. The number of nitrogens with one attached hydrogen (secondary N) is 1. The van der Waals surface area contributed by atoms with Crippen molar-refractivity contribution in [3.8, 4) is 0 Å². The summed E-state index contributed by atoms with van der Waals surface area (Å²) in [5.41, 5.74) is 6.04. The third-order valence-corrected chi connectivity index (χ3v) is 3.50. The zero-order valence-electron chi connectivity index (χ0n) is 9.74. The van der Waals surface area contributed by atoms with Gasteiger partial charge < -0.3 is 11.1 Å². The average Bonchev–Trinajstić information content (AvgIpc) is 2.45. The highest BCUT2D eigenvalue weighted by Gasteiger charge is 2.35. The zero-order chi connectivity index (χ0) is 12.2. The maximum absolute atomic E-state index is 11.9. The number of halogens is 3. The number of hydrogen-bond acceptors (Lipinski definition) is 2. The Morgan fingerprint density at radius 2 is 2.12 bits per heavy atom. The molecule has 0 aromatic carbocycles. The molecule has 5 heteroatoms. The lowest BCUT2D eigenvalue weighted by Gasteiger charge is -2.29. The van der Waals surface area contributed by atoms with E-state index in [1.54, 1.807) is 0 Å². The van der Waals surface area contributed by atoms with E-state index in [2.05, 4.69) is 12.2 Å². The largest absolute Gasteiger partial charge is 0.389 e. The predicted octanol–water partition coefficient (Wildman–Crippen LogP) is 2.44. The van der Waals surface area contributed by atoms with Crippen LogP contribution in [0, 0.1) is 5.41 Å². The Kier molecular flexibility index (Phi) is 4.62. The van der Waals surface area contributed by atoms with Crippen molar-refractivity contribution in [2.45, 2.75) is 51.2 Å². The molecule has 1 rings (SSSR count). The van der Waals surface area contributed by atoms with Crippen LogP contribution < -0.4 is 11.1 Å². The average molecular weight is 238 g/mol. The first-order chi connectivity index (χ1) is 7.33. The minimum Gasteiger partial charge on any atom is -0.327 e.